The molecule has 1 unspecified atom stereocenters. The second kappa shape index (κ2) is 2.62. The Hall–Kier alpha value is -0.900. The third kappa shape index (κ3) is 1.40. The highest BCUT2D eigenvalue weighted by atomic mass is 19.1. The van der Waals surface area contributed by atoms with Crippen molar-refractivity contribution >= 4 is 0 Å². The third-order valence-electron chi connectivity index (χ3n) is 1.77. The van der Waals surface area contributed by atoms with Gasteiger partial charge in [-0.1, -0.05) is 0 Å². The first-order valence-corrected chi connectivity index (χ1v) is 3.47. The lowest BCUT2D eigenvalue weighted by molar-refractivity contribution is 0.202. The molecule has 1 heterocycles. The molecule has 1 atom stereocenters. The first kappa shape index (κ1) is 8.20. The maximum Gasteiger partial charge on any atom is 0.148 e. The zero-order chi connectivity index (χ0) is 8.48. The Labute approximate surface area is 64.8 Å². The van der Waals surface area contributed by atoms with Gasteiger partial charge in [-0.3, -0.25) is 5.10 Å². The molecule has 0 aliphatic heterocycles. The zero-order valence-electron chi connectivity index (χ0n) is 6.69. The van der Waals surface area contributed by atoms with Crippen LogP contribution in [0.3, 0.4) is 0 Å². The molecule has 3 N–H and O–H groups in total. The van der Waals surface area contributed by atoms with Crippen LogP contribution in [0, 0.1) is 6.92 Å². The summed E-state index contributed by atoms with van der Waals surface area (Å²) < 4.78 is 13.5. The van der Waals surface area contributed by atoms with Crippen LogP contribution in [0.2, 0.25) is 0 Å². The molecule has 0 aliphatic rings. The Morgan fingerprint density at radius 3 is 2.82 bits per heavy atom. The smallest absolute Gasteiger partial charge is 0.148 e. The number of aryl methyl sites for hydroxylation is 1. The van der Waals surface area contributed by atoms with Crippen molar-refractivity contribution in [2.24, 2.45) is 5.73 Å². The Morgan fingerprint density at radius 2 is 2.45 bits per heavy atom. The van der Waals surface area contributed by atoms with Crippen molar-refractivity contribution in [3.05, 3.63) is 17.5 Å². The van der Waals surface area contributed by atoms with Gasteiger partial charge in [0.2, 0.25) is 0 Å². The van der Waals surface area contributed by atoms with Crippen LogP contribution in [-0.2, 0) is 5.67 Å². The van der Waals surface area contributed by atoms with E-state index in [1.54, 1.807) is 6.92 Å². The van der Waals surface area contributed by atoms with E-state index in [2.05, 4.69) is 10.2 Å². The molecule has 0 saturated carbocycles. The fourth-order valence-corrected chi connectivity index (χ4v) is 0.986. The zero-order valence-corrected chi connectivity index (χ0v) is 6.69. The van der Waals surface area contributed by atoms with E-state index in [0.717, 1.165) is 5.69 Å². The molecule has 62 valence electrons. The molecule has 1 aromatic rings. The molecule has 0 fully saturated rings. The van der Waals surface area contributed by atoms with E-state index < -0.39 is 5.67 Å². The number of hydrogen-bond acceptors (Lipinski definition) is 2. The van der Waals surface area contributed by atoms with E-state index in [0.29, 0.717) is 5.56 Å². The van der Waals surface area contributed by atoms with Gasteiger partial charge in [-0.2, -0.15) is 5.10 Å². The molecule has 11 heavy (non-hydrogen) atoms. The number of rotatable bonds is 2. The lowest BCUT2D eigenvalue weighted by atomic mass is 9.99. The van der Waals surface area contributed by atoms with Crippen molar-refractivity contribution in [1.29, 1.82) is 0 Å². The highest BCUT2D eigenvalue weighted by Gasteiger charge is 2.26. The number of H-pyrrole nitrogens is 1. The van der Waals surface area contributed by atoms with Gasteiger partial charge in [-0.25, -0.2) is 4.39 Å². The van der Waals surface area contributed by atoms with Crippen molar-refractivity contribution in [3.63, 3.8) is 0 Å². The van der Waals surface area contributed by atoms with Crippen LogP contribution in [0.1, 0.15) is 18.2 Å². The molecule has 3 nitrogen and oxygen atoms in total. The number of aromatic amines is 1. The first-order valence-electron chi connectivity index (χ1n) is 3.47. The summed E-state index contributed by atoms with van der Waals surface area (Å²) in [6, 6.07) is 0. The van der Waals surface area contributed by atoms with Crippen molar-refractivity contribution < 1.29 is 4.39 Å². The molecule has 1 aromatic heterocycles. The minimum Gasteiger partial charge on any atom is -0.327 e. The molecule has 0 saturated heterocycles. The van der Waals surface area contributed by atoms with Gasteiger partial charge in [0.05, 0.1) is 6.20 Å². The van der Waals surface area contributed by atoms with Crippen molar-refractivity contribution in [2.75, 3.05) is 6.54 Å². The summed E-state index contributed by atoms with van der Waals surface area (Å²) in [5, 5.41) is 6.38. The van der Waals surface area contributed by atoms with Gasteiger partial charge in [0, 0.05) is 17.8 Å². The Balaban J connectivity index is 3.00. The van der Waals surface area contributed by atoms with Gasteiger partial charge < -0.3 is 5.73 Å². The topological polar surface area (TPSA) is 54.7 Å². The summed E-state index contributed by atoms with van der Waals surface area (Å²) in [4.78, 5) is 0. The second-order valence-corrected chi connectivity index (χ2v) is 2.81. The molecule has 0 bridgehead atoms. The summed E-state index contributed by atoms with van der Waals surface area (Å²) in [6.45, 7) is 3.20. The fraction of sp³-hybridized carbons (Fsp3) is 0.571. The maximum atomic E-state index is 13.5. The lowest BCUT2D eigenvalue weighted by Gasteiger charge is -2.16. The van der Waals surface area contributed by atoms with Crippen molar-refractivity contribution in [3.8, 4) is 0 Å². The summed E-state index contributed by atoms with van der Waals surface area (Å²) in [5.74, 6) is 0. The van der Waals surface area contributed by atoms with Gasteiger partial charge in [0.1, 0.15) is 5.67 Å². The van der Waals surface area contributed by atoms with Gasteiger partial charge in [-0.05, 0) is 13.8 Å². The molecule has 4 heteroatoms. The molecular formula is C7H12FN3. The molecular weight excluding hydrogens is 145 g/mol. The van der Waals surface area contributed by atoms with Crippen molar-refractivity contribution in [1.82, 2.24) is 10.2 Å². The van der Waals surface area contributed by atoms with Crippen LogP contribution < -0.4 is 5.73 Å². The monoisotopic (exact) mass is 157 g/mol. The van der Waals surface area contributed by atoms with Gasteiger partial charge >= 0.3 is 0 Å². The number of nitrogens with zero attached hydrogens (tertiary/aromatic N) is 1. The van der Waals surface area contributed by atoms with Gasteiger partial charge in [-0.15, -0.1) is 0 Å². The van der Waals surface area contributed by atoms with Crippen LogP contribution in [0.5, 0.6) is 0 Å². The fourth-order valence-electron chi connectivity index (χ4n) is 0.986. The predicted molar refractivity (Wildman–Crippen MR) is 40.8 cm³/mol. The number of nitrogens with one attached hydrogen (secondary N) is 1. The molecule has 0 aliphatic carbocycles. The minimum absolute atomic E-state index is 0.0205. The highest BCUT2D eigenvalue weighted by molar-refractivity contribution is 5.22. The molecule has 0 aromatic carbocycles. The molecule has 0 amide bonds. The summed E-state index contributed by atoms with van der Waals surface area (Å²) in [6.07, 6.45) is 1.47. The number of hydrogen-bond donors (Lipinski definition) is 2. The molecule has 1 rings (SSSR count). The van der Waals surface area contributed by atoms with E-state index in [-0.39, 0.29) is 6.54 Å². The largest absolute Gasteiger partial charge is 0.327 e. The Bertz CT molecular complexity index is 242. The highest BCUT2D eigenvalue weighted by Crippen LogP contribution is 2.25. The molecule has 0 radical (unpaired) electrons. The Morgan fingerprint density at radius 1 is 1.82 bits per heavy atom. The van der Waals surface area contributed by atoms with Crippen LogP contribution in [0.15, 0.2) is 6.20 Å². The van der Waals surface area contributed by atoms with Crippen LogP contribution in [0.25, 0.3) is 0 Å². The SMILES string of the molecule is Cc1[nH]ncc1C(C)(F)CN. The Kier molecular flexibility index (Phi) is 1.95. The summed E-state index contributed by atoms with van der Waals surface area (Å²) >= 11 is 0. The number of halogens is 1. The van der Waals surface area contributed by atoms with E-state index in [9.17, 15) is 4.39 Å². The van der Waals surface area contributed by atoms with Gasteiger partial charge in [0.15, 0.2) is 0 Å². The van der Waals surface area contributed by atoms with Crippen LogP contribution in [-0.4, -0.2) is 16.7 Å². The van der Waals surface area contributed by atoms with Crippen LogP contribution >= 0.6 is 0 Å². The van der Waals surface area contributed by atoms with E-state index >= 15 is 0 Å². The van der Waals surface area contributed by atoms with Gasteiger partial charge in [0.25, 0.3) is 0 Å². The van der Waals surface area contributed by atoms with Crippen LogP contribution in [0.4, 0.5) is 4.39 Å². The second-order valence-electron chi connectivity index (χ2n) is 2.81. The summed E-state index contributed by atoms with van der Waals surface area (Å²) in [5.41, 5.74) is 5.07. The third-order valence-corrected chi connectivity index (χ3v) is 1.77. The number of aromatic nitrogens is 2. The number of nitrogens with two attached hydrogens (primary N) is 1. The normalized spacial score (nSPS) is 16.4. The van der Waals surface area contributed by atoms with E-state index in [1.165, 1.54) is 13.1 Å². The quantitative estimate of drug-likeness (QED) is 0.669. The molecule has 0 spiro atoms. The standard InChI is InChI=1S/C7H12FN3/c1-5-6(3-10-11-5)7(2,8)4-9/h3H,4,9H2,1-2H3,(H,10,11). The number of alkyl halides is 1. The maximum absolute atomic E-state index is 13.5. The van der Waals surface area contributed by atoms with Crippen molar-refractivity contribution in [2.45, 2.75) is 19.5 Å². The lowest BCUT2D eigenvalue weighted by Crippen LogP contribution is -2.26. The predicted octanol–water partition coefficient (Wildman–Crippen LogP) is 0.862. The van der Waals surface area contributed by atoms with E-state index in [1.807, 2.05) is 0 Å². The van der Waals surface area contributed by atoms with E-state index in [4.69, 9.17) is 5.73 Å². The average Bonchev–Trinajstić information content (AvgIpc) is 2.36. The first-order chi connectivity index (χ1) is 5.08. The minimum atomic E-state index is -1.46. The summed E-state index contributed by atoms with van der Waals surface area (Å²) in [7, 11) is 0. The average molecular weight is 157 g/mol.